The molecule has 0 saturated heterocycles. The molecule has 1 aliphatic carbocycles. The van der Waals surface area contributed by atoms with Crippen molar-refractivity contribution in [2.24, 2.45) is 17.8 Å². The zero-order chi connectivity index (χ0) is 16.0. The lowest BCUT2D eigenvalue weighted by Gasteiger charge is -2.39. The van der Waals surface area contributed by atoms with E-state index in [1.54, 1.807) is 0 Å². The third-order valence-electron chi connectivity index (χ3n) is 4.93. The van der Waals surface area contributed by atoms with Gasteiger partial charge in [-0.05, 0) is 57.3 Å². The Bertz CT molecular complexity index is 390. The van der Waals surface area contributed by atoms with Crippen molar-refractivity contribution in [3.05, 3.63) is 12.2 Å². The SMILES string of the molecule is CCC(C)C1CCC(C(C)(C)OC(=O)/C=C/C(=O)O)CC1. The van der Waals surface area contributed by atoms with Crippen molar-refractivity contribution in [1.29, 1.82) is 0 Å². The second kappa shape index (κ2) is 7.62. The van der Waals surface area contributed by atoms with E-state index in [1.165, 1.54) is 19.3 Å². The molecule has 0 aromatic rings. The monoisotopic (exact) mass is 296 g/mol. The van der Waals surface area contributed by atoms with Crippen LogP contribution < -0.4 is 0 Å². The van der Waals surface area contributed by atoms with E-state index in [0.717, 1.165) is 36.8 Å². The number of ether oxygens (including phenoxy) is 1. The third-order valence-corrected chi connectivity index (χ3v) is 4.93. The third kappa shape index (κ3) is 5.52. The van der Waals surface area contributed by atoms with E-state index in [-0.39, 0.29) is 0 Å². The van der Waals surface area contributed by atoms with Gasteiger partial charge in [0.2, 0.25) is 0 Å². The summed E-state index contributed by atoms with van der Waals surface area (Å²) >= 11 is 0. The number of carboxylic acid groups (broad SMARTS) is 1. The first-order valence-electron chi connectivity index (χ1n) is 7.90. The van der Waals surface area contributed by atoms with Crippen molar-refractivity contribution in [3.8, 4) is 0 Å². The van der Waals surface area contributed by atoms with Crippen LogP contribution in [0.5, 0.6) is 0 Å². The van der Waals surface area contributed by atoms with Gasteiger partial charge in [0, 0.05) is 12.2 Å². The van der Waals surface area contributed by atoms with Gasteiger partial charge < -0.3 is 9.84 Å². The molecule has 1 unspecified atom stereocenters. The summed E-state index contributed by atoms with van der Waals surface area (Å²) in [4.78, 5) is 22.1. The van der Waals surface area contributed by atoms with Crippen LogP contribution in [0.1, 0.15) is 59.8 Å². The van der Waals surface area contributed by atoms with Gasteiger partial charge in [-0.1, -0.05) is 20.3 Å². The minimum absolute atomic E-state index is 0.347. The molecule has 1 atom stereocenters. The van der Waals surface area contributed by atoms with Crippen molar-refractivity contribution in [3.63, 3.8) is 0 Å². The summed E-state index contributed by atoms with van der Waals surface area (Å²) in [5.74, 6) is 0.171. The second-order valence-electron chi connectivity index (χ2n) is 6.69. The average molecular weight is 296 g/mol. The predicted octanol–water partition coefficient (Wildman–Crippen LogP) is 3.80. The molecule has 4 heteroatoms. The lowest BCUT2D eigenvalue weighted by atomic mass is 9.71. The largest absolute Gasteiger partial charge is 0.478 e. The van der Waals surface area contributed by atoms with Crippen LogP contribution >= 0.6 is 0 Å². The molecular weight excluding hydrogens is 268 g/mol. The van der Waals surface area contributed by atoms with E-state index in [0.29, 0.717) is 5.92 Å². The zero-order valence-corrected chi connectivity index (χ0v) is 13.6. The summed E-state index contributed by atoms with van der Waals surface area (Å²) < 4.78 is 5.46. The molecule has 0 radical (unpaired) electrons. The number of hydrogen-bond acceptors (Lipinski definition) is 3. The van der Waals surface area contributed by atoms with Crippen molar-refractivity contribution >= 4 is 11.9 Å². The van der Waals surface area contributed by atoms with Gasteiger partial charge in [-0.2, -0.15) is 0 Å². The Morgan fingerprint density at radius 2 is 1.81 bits per heavy atom. The quantitative estimate of drug-likeness (QED) is 0.598. The highest BCUT2D eigenvalue weighted by molar-refractivity contribution is 5.90. The number of carbonyl (C=O) groups excluding carboxylic acids is 1. The molecule has 0 bridgehead atoms. The van der Waals surface area contributed by atoms with Crippen molar-refractivity contribution in [1.82, 2.24) is 0 Å². The van der Waals surface area contributed by atoms with Crippen LogP contribution in [0.25, 0.3) is 0 Å². The highest BCUT2D eigenvalue weighted by atomic mass is 16.6. The highest BCUT2D eigenvalue weighted by Crippen LogP contribution is 2.40. The van der Waals surface area contributed by atoms with Gasteiger partial charge in [0.1, 0.15) is 5.60 Å². The van der Waals surface area contributed by atoms with E-state index in [2.05, 4.69) is 13.8 Å². The molecule has 0 aromatic heterocycles. The number of rotatable bonds is 6. The van der Waals surface area contributed by atoms with E-state index in [4.69, 9.17) is 9.84 Å². The van der Waals surface area contributed by atoms with Gasteiger partial charge in [0.15, 0.2) is 0 Å². The summed E-state index contributed by atoms with van der Waals surface area (Å²) in [6.45, 7) is 8.39. The van der Waals surface area contributed by atoms with E-state index < -0.39 is 17.5 Å². The fourth-order valence-corrected chi connectivity index (χ4v) is 3.23. The Morgan fingerprint density at radius 3 is 2.29 bits per heavy atom. The smallest absolute Gasteiger partial charge is 0.331 e. The molecule has 21 heavy (non-hydrogen) atoms. The van der Waals surface area contributed by atoms with Gasteiger partial charge in [0.05, 0.1) is 0 Å². The molecule has 0 amide bonds. The fraction of sp³-hybridized carbons (Fsp3) is 0.765. The molecule has 1 rings (SSSR count). The molecule has 1 aliphatic rings. The minimum Gasteiger partial charge on any atom is -0.478 e. The molecule has 1 fully saturated rings. The van der Waals surface area contributed by atoms with Crippen LogP contribution in [0.4, 0.5) is 0 Å². The van der Waals surface area contributed by atoms with Crippen molar-refractivity contribution in [2.75, 3.05) is 0 Å². The summed E-state index contributed by atoms with van der Waals surface area (Å²) in [5.41, 5.74) is -0.541. The Labute approximate surface area is 127 Å². The van der Waals surface area contributed by atoms with E-state index in [9.17, 15) is 9.59 Å². The van der Waals surface area contributed by atoms with Gasteiger partial charge in [-0.15, -0.1) is 0 Å². The molecule has 0 aliphatic heterocycles. The Balaban J connectivity index is 2.52. The first-order chi connectivity index (χ1) is 9.76. The molecular formula is C17H28O4. The van der Waals surface area contributed by atoms with Gasteiger partial charge in [0.25, 0.3) is 0 Å². The van der Waals surface area contributed by atoms with Gasteiger partial charge in [-0.3, -0.25) is 0 Å². The summed E-state index contributed by atoms with van der Waals surface area (Å²) in [6.07, 6.45) is 7.52. The maximum Gasteiger partial charge on any atom is 0.331 e. The molecule has 120 valence electrons. The number of carbonyl (C=O) groups is 2. The number of carboxylic acids is 1. The lowest BCUT2D eigenvalue weighted by molar-refractivity contribution is -0.157. The second-order valence-corrected chi connectivity index (χ2v) is 6.69. The number of esters is 1. The maximum atomic E-state index is 11.7. The van der Waals surface area contributed by atoms with E-state index >= 15 is 0 Å². The summed E-state index contributed by atoms with van der Waals surface area (Å²) in [7, 11) is 0. The zero-order valence-electron chi connectivity index (χ0n) is 13.6. The summed E-state index contributed by atoms with van der Waals surface area (Å²) in [6, 6.07) is 0. The topological polar surface area (TPSA) is 63.6 Å². The molecule has 0 aromatic carbocycles. The molecule has 0 heterocycles. The first-order valence-corrected chi connectivity index (χ1v) is 7.90. The Kier molecular flexibility index (Phi) is 6.43. The van der Waals surface area contributed by atoms with Crippen LogP contribution in [0.3, 0.4) is 0 Å². The van der Waals surface area contributed by atoms with Crippen LogP contribution in [0, 0.1) is 17.8 Å². The first kappa shape index (κ1) is 17.7. The predicted molar refractivity (Wildman–Crippen MR) is 81.8 cm³/mol. The molecule has 4 nitrogen and oxygen atoms in total. The van der Waals surface area contributed by atoms with Gasteiger partial charge in [-0.25, -0.2) is 9.59 Å². The standard InChI is InChI=1S/C17H28O4/c1-5-12(2)13-6-8-14(9-7-13)17(3,4)21-16(20)11-10-15(18)19/h10-14H,5-9H2,1-4H3,(H,18,19)/b11-10+. The number of hydrogen-bond donors (Lipinski definition) is 1. The van der Waals surface area contributed by atoms with Crippen LogP contribution in [-0.4, -0.2) is 22.6 Å². The lowest BCUT2D eigenvalue weighted by Crippen LogP contribution is -2.39. The van der Waals surface area contributed by atoms with Gasteiger partial charge >= 0.3 is 11.9 Å². The highest BCUT2D eigenvalue weighted by Gasteiger charge is 2.36. The van der Waals surface area contributed by atoms with Crippen molar-refractivity contribution < 1.29 is 19.4 Å². The minimum atomic E-state index is -1.14. The number of aliphatic carboxylic acids is 1. The van der Waals surface area contributed by atoms with Crippen LogP contribution in [0.2, 0.25) is 0 Å². The fourth-order valence-electron chi connectivity index (χ4n) is 3.23. The summed E-state index contributed by atoms with van der Waals surface area (Å²) in [5, 5.41) is 8.52. The molecule has 1 N–H and O–H groups in total. The van der Waals surface area contributed by atoms with Crippen LogP contribution in [0.15, 0.2) is 12.2 Å². The normalized spacial score (nSPS) is 24.8. The van der Waals surface area contributed by atoms with Crippen LogP contribution in [-0.2, 0) is 14.3 Å². The average Bonchev–Trinajstić information content (AvgIpc) is 2.44. The maximum absolute atomic E-state index is 11.7. The molecule has 1 saturated carbocycles. The molecule has 0 spiro atoms. The van der Waals surface area contributed by atoms with Crippen molar-refractivity contribution in [2.45, 2.75) is 65.4 Å². The Hall–Kier alpha value is -1.32. The Morgan fingerprint density at radius 1 is 1.24 bits per heavy atom. The van der Waals surface area contributed by atoms with E-state index in [1.807, 2.05) is 13.8 Å².